The fourth-order valence-electron chi connectivity index (χ4n) is 2.95. The first-order chi connectivity index (χ1) is 14.6. The Morgan fingerprint density at radius 1 is 1.17 bits per heavy atom. The zero-order chi connectivity index (χ0) is 20.9. The first-order valence-corrected chi connectivity index (χ1v) is 9.41. The molecule has 2 aromatic heterocycles. The molecule has 0 aliphatic carbocycles. The molecule has 2 heterocycles. The number of nitrogens with zero attached hydrogens (tertiary/aromatic N) is 5. The highest BCUT2D eigenvalue weighted by molar-refractivity contribution is 5.76. The van der Waals surface area contributed by atoms with Gasteiger partial charge in [-0.05, 0) is 48.9 Å². The zero-order valence-corrected chi connectivity index (χ0v) is 16.2. The quantitative estimate of drug-likeness (QED) is 0.506. The highest BCUT2D eigenvalue weighted by Gasteiger charge is 2.13. The van der Waals surface area contributed by atoms with Crippen LogP contribution in [0.3, 0.4) is 0 Å². The largest absolute Gasteiger partial charge is 0.350 e. The number of hydrogen-bond donors (Lipinski definition) is 1. The second kappa shape index (κ2) is 8.64. The van der Waals surface area contributed by atoms with Crippen molar-refractivity contribution in [2.24, 2.45) is 0 Å². The molecule has 0 fully saturated rings. The Kier molecular flexibility index (Phi) is 5.60. The Bertz CT molecular complexity index is 1110. The Morgan fingerprint density at radius 3 is 2.63 bits per heavy atom. The predicted octanol–water partition coefficient (Wildman–Crippen LogP) is 3.27. The highest BCUT2D eigenvalue weighted by Crippen LogP contribution is 2.18. The van der Waals surface area contributed by atoms with Crippen molar-refractivity contribution in [2.75, 3.05) is 0 Å². The number of aromatic nitrogens is 5. The number of halogens is 1. The molecule has 9 heteroatoms. The Morgan fingerprint density at radius 2 is 1.93 bits per heavy atom. The molecule has 4 rings (SSSR count). The maximum Gasteiger partial charge on any atom is 0.227 e. The van der Waals surface area contributed by atoms with Crippen LogP contribution in [0.4, 0.5) is 4.39 Å². The van der Waals surface area contributed by atoms with E-state index in [-0.39, 0.29) is 24.2 Å². The van der Waals surface area contributed by atoms with E-state index in [1.54, 1.807) is 23.1 Å². The lowest BCUT2D eigenvalue weighted by molar-refractivity contribution is -0.121. The lowest BCUT2D eigenvalue weighted by Crippen LogP contribution is -2.26. The van der Waals surface area contributed by atoms with E-state index in [9.17, 15) is 9.18 Å². The average molecular weight is 406 g/mol. The zero-order valence-electron chi connectivity index (χ0n) is 16.2. The Hall–Kier alpha value is -3.88. The van der Waals surface area contributed by atoms with Gasteiger partial charge in [-0.3, -0.25) is 4.79 Å². The van der Waals surface area contributed by atoms with Crippen molar-refractivity contribution in [1.82, 2.24) is 30.2 Å². The highest BCUT2D eigenvalue weighted by atomic mass is 19.1. The number of amides is 1. The molecule has 30 heavy (non-hydrogen) atoms. The molecule has 0 spiro atoms. The third kappa shape index (κ3) is 4.57. The summed E-state index contributed by atoms with van der Waals surface area (Å²) in [6, 6.07) is 13.4. The van der Waals surface area contributed by atoms with Gasteiger partial charge in [-0.15, -0.1) is 0 Å². The fraction of sp³-hybridized carbons (Fsp3) is 0.190. The summed E-state index contributed by atoms with van der Waals surface area (Å²) in [4.78, 5) is 20.5. The van der Waals surface area contributed by atoms with Crippen LogP contribution in [0.5, 0.6) is 0 Å². The molecule has 2 aromatic carbocycles. The smallest absolute Gasteiger partial charge is 0.227 e. The summed E-state index contributed by atoms with van der Waals surface area (Å²) in [5, 5.41) is 10.9. The van der Waals surface area contributed by atoms with E-state index >= 15 is 0 Å². The second-order valence-electron chi connectivity index (χ2n) is 6.74. The van der Waals surface area contributed by atoms with Gasteiger partial charge < -0.3 is 9.84 Å². The van der Waals surface area contributed by atoms with Gasteiger partial charge in [0.15, 0.2) is 0 Å². The van der Waals surface area contributed by atoms with E-state index < -0.39 is 0 Å². The van der Waals surface area contributed by atoms with Crippen molar-refractivity contribution in [3.05, 3.63) is 78.5 Å². The molecule has 0 aliphatic rings. The minimum atomic E-state index is -0.332. The van der Waals surface area contributed by atoms with Gasteiger partial charge in [0.25, 0.3) is 0 Å². The third-order valence-corrected chi connectivity index (χ3v) is 4.59. The molecule has 0 saturated heterocycles. The van der Waals surface area contributed by atoms with E-state index in [4.69, 9.17) is 4.52 Å². The van der Waals surface area contributed by atoms with Gasteiger partial charge in [-0.2, -0.15) is 10.1 Å². The number of carbonyl (C=O) groups excluding carboxylic acids is 1. The fourth-order valence-corrected chi connectivity index (χ4v) is 2.95. The van der Waals surface area contributed by atoms with Gasteiger partial charge in [0.1, 0.15) is 18.5 Å². The lowest BCUT2D eigenvalue weighted by Gasteiger charge is -2.14. The molecule has 0 radical (unpaired) electrons. The average Bonchev–Trinajstić information content (AvgIpc) is 3.45. The van der Waals surface area contributed by atoms with Crippen molar-refractivity contribution in [1.29, 1.82) is 0 Å². The van der Waals surface area contributed by atoms with Crippen LogP contribution in [0.1, 0.15) is 30.8 Å². The van der Waals surface area contributed by atoms with Gasteiger partial charge in [-0.25, -0.2) is 14.1 Å². The van der Waals surface area contributed by atoms with Crippen LogP contribution in [0.25, 0.3) is 17.1 Å². The second-order valence-corrected chi connectivity index (χ2v) is 6.74. The maximum atomic E-state index is 13.0. The third-order valence-electron chi connectivity index (χ3n) is 4.59. The predicted molar refractivity (Wildman–Crippen MR) is 106 cm³/mol. The van der Waals surface area contributed by atoms with Crippen LogP contribution in [-0.2, 0) is 11.2 Å². The number of rotatable bonds is 7. The summed E-state index contributed by atoms with van der Waals surface area (Å²) < 4.78 is 19.9. The number of hydrogen-bond acceptors (Lipinski definition) is 6. The van der Waals surface area contributed by atoms with Crippen molar-refractivity contribution in [2.45, 2.75) is 25.8 Å². The first kappa shape index (κ1) is 19.4. The van der Waals surface area contributed by atoms with Crippen LogP contribution in [0.2, 0.25) is 0 Å². The normalized spacial score (nSPS) is 11.9. The molecule has 1 atom stereocenters. The molecule has 1 N–H and O–H groups in total. The summed E-state index contributed by atoms with van der Waals surface area (Å²) in [5.41, 5.74) is 2.52. The Labute approximate surface area is 171 Å². The van der Waals surface area contributed by atoms with E-state index in [0.29, 0.717) is 23.7 Å². The number of carbonyl (C=O) groups is 1. The maximum absolute atomic E-state index is 13.0. The van der Waals surface area contributed by atoms with Crippen molar-refractivity contribution in [3.63, 3.8) is 0 Å². The van der Waals surface area contributed by atoms with Gasteiger partial charge in [0, 0.05) is 18.4 Å². The Balaban J connectivity index is 1.30. The minimum Gasteiger partial charge on any atom is -0.350 e. The number of nitrogens with one attached hydrogen (secondary N) is 1. The molecular formula is C21H19FN6O2. The topological polar surface area (TPSA) is 98.7 Å². The van der Waals surface area contributed by atoms with Crippen molar-refractivity contribution in [3.8, 4) is 17.1 Å². The summed E-state index contributed by atoms with van der Waals surface area (Å²) in [5.74, 6) is 0.270. The molecule has 0 unspecified atom stereocenters. The van der Waals surface area contributed by atoms with E-state index in [0.717, 1.165) is 11.3 Å². The molecule has 8 nitrogen and oxygen atoms in total. The summed E-state index contributed by atoms with van der Waals surface area (Å²) in [6.07, 6.45) is 3.63. The van der Waals surface area contributed by atoms with Gasteiger partial charge in [-0.1, -0.05) is 17.3 Å². The van der Waals surface area contributed by atoms with Gasteiger partial charge >= 0.3 is 0 Å². The summed E-state index contributed by atoms with van der Waals surface area (Å²) >= 11 is 0. The van der Waals surface area contributed by atoms with E-state index in [1.165, 1.54) is 18.5 Å². The van der Waals surface area contributed by atoms with Crippen LogP contribution < -0.4 is 5.32 Å². The summed E-state index contributed by atoms with van der Waals surface area (Å²) in [7, 11) is 0. The van der Waals surface area contributed by atoms with Crippen molar-refractivity contribution >= 4 is 5.91 Å². The van der Waals surface area contributed by atoms with Gasteiger partial charge in [0.05, 0.1) is 11.7 Å². The molecule has 0 aliphatic heterocycles. The first-order valence-electron chi connectivity index (χ1n) is 9.41. The standard InChI is InChI=1S/C21H19FN6O2/c1-14(15-4-8-18(9-5-15)28-13-23-12-24-28)25-19(29)10-11-20-26-21(27-30-20)16-2-6-17(22)7-3-16/h2-9,12-14H,10-11H2,1H3,(H,25,29)/t14-/m1/s1. The molecule has 0 saturated carbocycles. The van der Waals surface area contributed by atoms with E-state index in [2.05, 4.69) is 25.5 Å². The minimum absolute atomic E-state index is 0.121. The van der Waals surface area contributed by atoms with Crippen molar-refractivity contribution < 1.29 is 13.7 Å². The molecule has 1 amide bonds. The molecular weight excluding hydrogens is 387 g/mol. The summed E-state index contributed by atoms with van der Waals surface area (Å²) in [6.45, 7) is 1.92. The van der Waals surface area contributed by atoms with Gasteiger partial charge in [0.2, 0.25) is 17.6 Å². The number of benzene rings is 2. The molecule has 152 valence electrons. The molecule has 4 aromatic rings. The van der Waals surface area contributed by atoms with E-state index in [1.807, 2.05) is 31.2 Å². The van der Waals surface area contributed by atoms with Crippen LogP contribution in [-0.4, -0.2) is 30.8 Å². The number of aryl methyl sites for hydroxylation is 1. The molecule has 0 bridgehead atoms. The van der Waals surface area contributed by atoms with Crippen LogP contribution >= 0.6 is 0 Å². The SMILES string of the molecule is C[C@@H](NC(=O)CCc1nc(-c2ccc(F)cc2)no1)c1ccc(-n2cncn2)cc1. The monoisotopic (exact) mass is 406 g/mol. The van der Waals surface area contributed by atoms with Crippen LogP contribution in [0.15, 0.2) is 65.7 Å². The lowest BCUT2D eigenvalue weighted by atomic mass is 10.1. The van der Waals surface area contributed by atoms with Crippen LogP contribution in [0, 0.1) is 5.82 Å².